The van der Waals surface area contributed by atoms with Crippen LogP contribution in [0.3, 0.4) is 0 Å². The molecule has 1 fully saturated rings. The molecule has 218 valence electrons. The van der Waals surface area contributed by atoms with Crippen molar-refractivity contribution in [3.8, 4) is 11.5 Å². The van der Waals surface area contributed by atoms with Gasteiger partial charge in [0.25, 0.3) is 0 Å². The molecule has 9 nitrogen and oxygen atoms in total. The highest BCUT2D eigenvalue weighted by molar-refractivity contribution is 5.84. The summed E-state index contributed by atoms with van der Waals surface area (Å²) in [5.41, 5.74) is 0.113. The minimum Gasteiger partial charge on any atom is -0.444 e. The number of hydrogen-bond acceptors (Lipinski definition) is 7. The summed E-state index contributed by atoms with van der Waals surface area (Å²) in [6, 6.07) is 9.58. The van der Waals surface area contributed by atoms with Gasteiger partial charge >= 0.3 is 12.3 Å². The van der Waals surface area contributed by atoms with Crippen molar-refractivity contribution in [1.29, 1.82) is 0 Å². The molecule has 0 bridgehead atoms. The van der Waals surface area contributed by atoms with Gasteiger partial charge in [0.05, 0.1) is 11.1 Å². The van der Waals surface area contributed by atoms with Crippen LogP contribution < -0.4 is 5.32 Å². The predicted octanol–water partition coefficient (Wildman–Crippen LogP) is 5.37. The van der Waals surface area contributed by atoms with E-state index < -0.39 is 35.6 Å². The van der Waals surface area contributed by atoms with Gasteiger partial charge in [0.2, 0.25) is 0 Å². The molecule has 0 aliphatic carbocycles. The Bertz CT molecular complexity index is 1590. The standard InChI is InChI=1S/C29H33F3N6O3/c1-27(2,3)41-26(39)33-19-13-14-37(16-19)24(29(30,31)32)18-10-12-22-35-36-25(38(22)15-18)21-11-9-17-7-6-8-20(23(17)34-21)28(4,5)40/h6-12,15,19,24,40H,13-14,16H2,1-5H3,(H,33,39)/t19-,24+/m0/s1. The number of ether oxygens (including phenoxy) is 1. The molecule has 4 aromatic rings. The highest BCUT2D eigenvalue weighted by Crippen LogP contribution is 2.40. The van der Waals surface area contributed by atoms with Gasteiger partial charge in [-0.15, -0.1) is 10.2 Å². The van der Waals surface area contributed by atoms with Gasteiger partial charge in [-0.2, -0.15) is 13.2 Å². The quantitative estimate of drug-likeness (QED) is 0.332. The van der Waals surface area contributed by atoms with Crippen molar-refractivity contribution in [2.75, 3.05) is 13.1 Å². The second-order valence-electron chi connectivity index (χ2n) is 11.9. The molecule has 2 atom stereocenters. The first kappa shape index (κ1) is 28.7. The molecule has 41 heavy (non-hydrogen) atoms. The summed E-state index contributed by atoms with van der Waals surface area (Å²) in [6.45, 7) is 8.66. The minimum atomic E-state index is -4.58. The molecule has 1 aromatic carbocycles. The van der Waals surface area contributed by atoms with Gasteiger partial charge in [0.1, 0.15) is 17.3 Å². The average Bonchev–Trinajstić information content (AvgIpc) is 3.47. The van der Waals surface area contributed by atoms with Crippen LogP contribution in [0.1, 0.15) is 58.2 Å². The van der Waals surface area contributed by atoms with Gasteiger partial charge in [-0.1, -0.05) is 30.3 Å². The summed E-state index contributed by atoms with van der Waals surface area (Å²) < 4.78 is 50.3. The first-order valence-electron chi connectivity index (χ1n) is 13.4. The monoisotopic (exact) mass is 570 g/mol. The molecular formula is C29H33F3N6O3. The summed E-state index contributed by atoms with van der Waals surface area (Å²) >= 11 is 0. The van der Waals surface area contributed by atoms with Crippen molar-refractivity contribution >= 4 is 22.6 Å². The van der Waals surface area contributed by atoms with Crippen molar-refractivity contribution in [2.24, 2.45) is 0 Å². The second-order valence-corrected chi connectivity index (χ2v) is 11.9. The summed E-state index contributed by atoms with van der Waals surface area (Å²) in [6.07, 6.45) is -3.48. The van der Waals surface area contributed by atoms with Crippen molar-refractivity contribution in [3.05, 3.63) is 59.8 Å². The van der Waals surface area contributed by atoms with Crippen LogP contribution in [0.25, 0.3) is 28.1 Å². The molecule has 1 aliphatic rings. The second kappa shape index (κ2) is 10.3. The number of fused-ring (bicyclic) bond motifs is 2. The Hall–Kier alpha value is -3.77. The van der Waals surface area contributed by atoms with E-state index in [1.54, 1.807) is 46.8 Å². The lowest BCUT2D eigenvalue weighted by atomic mass is 9.95. The zero-order chi connectivity index (χ0) is 29.7. The molecule has 1 saturated heterocycles. The van der Waals surface area contributed by atoms with E-state index in [4.69, 9.17) is 9.72 Å². The number of aliphatic hydroxyl groups is 1. The Labute approximate surface area is 235 Å². The van der Waals surface area contributed by atoms with E-state index in [9.17, 15) is 23.1 Å². The lowest BCUT2D eigenvalue weighted by Crippen LogP contribution is -2.42. The van der Waals surface area contributed by atoms with E-state index in [2.05, 4.69) is 15.5 Å². The molecule has 1 aliphatic heterocycles. The SMILES string of the molecule is CC(C)(C)OC(=O)N[C@H]1CCN([C@H](c2ccc3nnc(-c4ccc5cccc(C(C)(C)O)c5n4)n3c2)C(F)(F)F)C1. The molecular weight excluding hydrogens is 537 g/mol. The number of alkyl halides is 3. The Morgan fingerprint density at radius 2 is 1.83 bits per heavy atom. The number of halogens is 3. The molecule has 5 rings (SSSR count). The zero-order valence-electron chi connectivity index (χ0n) is 23.5. The fourth-order valence-electron chi connectivity index (χ4n) is 5.23. The number of aromatic nitrogens is 4. The Morgan fingerprint density at radius 3 is 2.51 bits per heavy atom. The Balaban J connectivity index is 1.48. The number of nitrogens with one attached hydrogen (secondary N) is 1. The zero-order valence-corrected chi connectivity index (χ0v) is 23.5. The maximum absolute atomic E-state index is 14.5. The molecule has 3 aromatic heterocycles. The molecule has 0 saturated carbocycles. The smallest absolute Gasteiger partial charge is 0.408 e. The highest BCUT2D eigenvalue weighted by atomic mass is 19.4. The number of likely N-dealkylation sites (tertiary alicyclic amines) is 1. The number of carbonyl (C=O) groups is 1. The summed E-state index contributed by atoms with van der Waals surface area (Å²) in [5.74, 6) is 0.279. The molecule has 4 heterocycles. The Morgan fingerprint density at radius 1 is 1.07 bits per heavy atom. The number of pyridine rings is 2. The van der Waals surface area contributed by atoms with Crippen molar-refractivity contribution in [2.45, 2.75) is 70.5 Å². The first-order chi connectivity index (χ1) is 19.1. The van der Waals surface area contributed by atoms with Gasteiger partial charge in [-0.05, 0) is 58.7 Å². The van der Waals surface area contributed by atoms with E-state index in [1.165, 1.54) is 27.6 Å². The topological polar surface area (TPSA) is 105 Å². The van der Waals surface area contributed by atoms with E-state index in [0.717, 1.165) is 5.39 Å². The average molecular weight is 571 g/mol. The van der Waals surface area contributed by atoms with Crippen LogP contribution in [0.15, 0.2) is 48.7 Å². The molecule has 0 radical (unpaired) electrons. The van der Waals surface area contributed by atoms with E-state index in [1.807, 2.05) is 18.2 Å². The fourth-order valence-corrected chi connectivity index (χ4v) is 5.23. The van der Waals surface area contributed by atoms with Crippen LogP contribution in [0.5, 0.6) is 0 Å². The van der Waals surface area contributed by atoms with E-state index in [-0.39, 0.29) is 24.5 Å². The predicted molar refractivity (Wildman–Crippen MR) is 147 cm³/mol. The van der Waals surface area contributed by atoms with Crippen LogP contribution in [-0.2, 0) is 10.3 Å². The van der Waals surface area contributed by atoms with Crippen LogP contribution in [0.2, 0.25) is 0 Å². The van der Waals surface area contributed by atoms with Crippen LogP contribution in [0.4, 0.5) is 18.0 Å². The van der Waals surface area contributed by atoms with Gasteiger partial charge in [0, 0.05) is 36.3 Å². The van der Waals surface area contributed by atoms with Crippen LogP contribution >= 0.6 is 0 Å². The summed E-state index contributed by atoms with van der Waals surface area (Å²) in [7, 11) is 0. The number of para-hydroxylation sites is 1. The number of nitrogens with zero attached hydrogens (tertiary/aromatic N) is 5. The van der Waals surface area contributed by atoms with Gasteiger partial charge < -0.3 is 15.2 Å². The largest absolute Gasteiger partial charge is 0.444 e. The van der Waals surface area contributed by atoms with Crippen molar-refractivity contribution in [3.63, 3.8) is 0 Å². The number of carbonyl (C=O) groups excluding carboxylic acids is 1. The van der Waals surface area contributed by atoms with Gasteiger partial charge in [-0.25, -0.2) is 9.78 Å². The number of rotatable bonds is 5. The van der Waals surface area contributed by atoms with E-state index >= 15 is 0 Å². The molecule has 12 heteroatoms. The number of amides is 1. The molecule has 0 spiro atoms. The summed E-state index contributed by atoms with van der Waals surface area (Å²) in [5, 5.41) is 22.5. The number of benzene rings is 1. The first-order valence-corrected chi connectivity index (χ1v) is 13.4. The lowest BCUT2D eigenvalue weighted by Gasteiger charge is -2.30. The third-order valence-electron chi connectivity index (χ3n) is 6.97. The lowest BCUT2D eigenvalue weighted by molar-refractivity contribution is -0.184. The maximum Gasteiger partial charge on any atom is 0.408 e. The minimum absolute atomic E-state index is 0.0157. The third-order valence-corrected chi connectivity index (χ3v) is 6.97. The number of hydrogen-bond donors (Lipinski definition) is 2. The molecule has 1 amide bonds. The highest BCUT2D eigenvalue weighted by Gasteiger charge is 2.47. The third kappa shape index (κ3) is 6.13. The summed E-state index contributed by atoms with van der Waals surface area (Å²) in [4.78, 5) is 18.2. The van der Waals surface area contributed by atoms with Crippen molar-refractivity contribution < 1.29 is 27.8 Å². The van der Waals surface area contributed by atoms with Gasteiger partial charge in [-0.3, -0.25) is 9.30 Å². The molecule has 2 N–H and O–H groups in total. The van der Waals surface area contributed by atoms with E-state index in [0.29, 0.717) is 28.8 Å². The van der Waals surface area contributed by atoms with Gasteiger partial charge in [0.15, 0.2) is 11.5 Å². The molecule has 0 unspecified atom stereocenters. The normalized spacial score (nSPS) is 17.7. The maximum atomic E-state index is 14.5. The van der Waals surface area contributed by atoms with Crippen LogP contribution in [0, 0.1) is 0 Å². The fraction of sp³-hybridized carbons (Fsp3) is 0.448. The van der Waals surface area contributed by atoms with Crippen molar-refractivity contribution in [1.82, 2.24) is 29.8 Å². The number of alkyl carbamates (subject to hydrolysis) is 1. The van der Waals surface area contributed by atoms with Crippen LogP contribution in [-0.4, -0.2) is 66.6 Å². The Kier molecular flexibility index (Phi) is 7.19.